The molecule has 0 saturated heterocycles. The van der Waals surface area contributed by atoms with Crippen LogP contribution in [0.2, 0.25) is 0 Å². The molecule has 0 fully saturated rings. The zero-order valence-electron chi connectivity index (χ0n) is 11.6. The number of hydrogen-bond donors (Lipinski definition) is 1. The van der Waals surface area contributed by atoms with Gasteiger partial charge in [0.1, 0.15) is 10.7 Å². The monoisotopic (exact) mass is 297 g/mol. The Morgan fingerprint density at radius 3 is 2.70 bits per heavy atom. The third kappa shape index (κ3) is 2.79. The van der Waals surface area contributed by atoms with Crippen LogP contribution in [0, 0.1) is 0 Å². The van der Waals surface area contributed by atoms with E-state index in [1.165, 1.54) is 10.6 Å². The third-order valence-electron chi connectivity index (χ3n) is 3.19. The lowest BCUT2D eigenvalue weighted by Crippen LogP contribution is -2.30. The van der Waals surface area contributed by atoms with Gasteiger partial charge in [-0.3, -0.25) is 0 Å². The Bertz CT molecular complexity index is 659. The minimum absolute atomic E-state index is 0.221. The van der Waals surface area contributed by atoms with Crippen LogP contribution in [-0.4, -0.2) is 23.8 Å². The van der Waals surface area contributed by atoms with E-state index in [1.807, 2.05) is 0 Å². The Morgan fingerprint density at radius 1 is 1.45 bits per heavy atom. The van der Waals surface area contributed by atoms with Crippen molar-refractivity contribution in [1.29, 1.82) is 0 Å². The van der Waals surface area contributed by atoms with Crippen LogP contribution in [0.1, 0.15) is 18.4 Å². The lowest BCUT2D eigenvalue weighted by atomic mass is 10.4. The van der Waals surface area contributed by atoms with E-state index in [0.717, 1.165) is 5.69 Å². The summed E-state index contributed by atoms with van der Waals surface area (Å²) in [6.07, 6.45) is 3.12. The second-order valence-corrected chi connectivity index (χ2v) is 6.43. The molecule has 0 aromatic carbocycles. The minimum atomic E-state index is -3.54. The second kappa shape index (κ2) is 5.82. The molecule has 6 nitrogen and oxygen atoms in total. The van der Waals surface area contributed by atoms with E-state index in [2.05, 4.69) is 0 Å². The van der Waals surface area contributed by atoms with Gasteiger partial charge in [0.2, 0.25) is 10.0 Å². The highest BCUT2D eigenvalue weighted by Crippen LogP contribution is 2.20. The molecular weight excluding hydrogens is 278 g/mol. The van der Waals surface area contributed by atoms with Crippen LogP contribution < -0.4 is 5.73 Å². The first-order valence-electron chi connectivity index (χ1n) is 6.37. The summed E-state index contributed by atoms with van der Waals surface area (Å²) in [5, 5.41) is 0. The first-order valence-corrected chi connectivity index (χ1v) is 7.81. The molecule has 20 heavy (non-hydrogen) atoms. The van der Waals surface area contributed by atoms with Crippen LogP contribution in [0.25, 0.3) is 0 Å². The highest BCUT2D eigenvalue weighted by atomic mass is 32.2. The molecule has 2 aromatic heterocycles. The number of aromatic nitrogens is 1. The largest absolute Gasteiger partial charge is 0.468 e. The van der Waals surface area contributed by atoms with Crippen LogP contribution in [0.4, 0.5) is 0 Å². The number of nitrogens with two attached hydrogens (primary N) is 1. The number of aryl methyl sites for hydroxylation is 1. The molecule has 0 bridgehead atoms. The van der Waals surface area contributed by atoms with Crippen molar-refractivity contribution in [2.24, 2.45) is 12.8 Å². The summed E-state index contributed by atoms with van der Waals surface area (Å²) in [6.45, 7) is 2.69. The molecule has 0 atom stereocenters. The molecule has 0 saturated carbocycles. The molecule has 0 amide bonds. The lowest BCUT2D eigenvalue weighted by Gasteiger charge is -2.18. The summed E-state index contributed by atoms with van der Waals surface area (Å²) in [7, 11) is -1.76. The third-order valence-corrected chi connectivity index (χ3v) is 5.08. The Balaban J connectivity index is 2.31. The quantitative estimate of drug-likeness (QED) is 0.871. The van der Waals surface area contributed by atoms with Gasteiger partial charge in [-0.2, -0.15) is 4.31 Å². The van der Waals surface area contributed by atoms with Crippen LogP contribution in [0.5, 0.6) is 0 Å². The van der Waals surface area contributed by atoms with Crippen LogP contribution in [0.3, 0.4) is 0 Å². The number of furan rings is 1. The SMILES string of the molecule is CCN(Cc1ccco1)S(=O)(=O)c1cc(CN)n(C)c1. The fourth-order valence-corrected chi connectivity index (χ4v) is 3.52. The van der Waals surface area contributed by atoms with Crippen LogP contribution in [0.15, 0.2) is 40.0 Å². The predicted molar refractivity (Wildman–Crippen MR) is 75.3 cm³/mol. The Morgan fingerprint density at radius 2 is 2.20 bits per heavy atom. The highest BCUT2D eigenvalue weighted by Gasteiger charge is 2.25. The number of rotatable bonds is 6. The maximum atomic E-state index is 12.6. The van der Waals surface area contributed by atoms with E-state index in [9.17, 15) is 8.42 Å². The Labute approximate surface area is 118 Å². The Hall–Kier alpha value is -1.57. The van der Waals surface area contributed by atoms with Crippen molar-refractivity contribution in [3.05, 3.63) is 42.1 Å². The van der Waals surface area contributed by atoms with Crippen molar-refractivity contribution in [2.75, 3.05) is 6.54 Å². The van der Waals surface area contributed by atoms with Crippen molar-refractivity contribution >= 4 is 10.0 Å². The van der Waals surface area contributed by atoms with Gasteiger partial charge in [0.05, 0.1) is 12.8 Å². The van der Waals surface area contributed by atoms with Gasteiger partial charge in [-0.15, -0.1) is 0 Å². The molecule has 7 heteroatoms. The van der Waals surface area contributed by atoms with Crippen molar-refractivity contribution in [1.82, 2.24) is 8.87 Å². The van der Waals surface area contributed by atoms with Gasteiger partial charge in [-0.25, -0.2) is 8.42 Å². The molecule has 110 valence electrons. The molecule has 2 aromatic rings. The van der Waals surface area contributed by atoms with E-state index < -0.39 is 10.0 Å². The zero-order valence-corrected chi connectivity index (χ0v) is 12.4. The van der Waals surface area contributed by atoms with Crippen LogP contribution >= 0.6 is 0 Å². The van der Waals surface area contributed by atoms with E-state index in [0.29, 0.717) is 18.8 Å². The summed E-state index contributed by atoms with van der Waals surface area (Å²) in [5.74, 6) is 0.616. The molecule has 2 N–H and O–H groups in total. The normalized spacial score (nSPS) is 12.2. The summed E-state index contributed by atoms with van der Waals surface area (Å²) in [5.41, 5.74) is 6.36. The molecule has 0 unspecified atom stereocenters. The number of sulfonamides is 1. The summed E-state index contributed by atoms with van der Waals surface area (Å²) in [4.78, 5) is 0.258. The average Bonchev–Trinajstić information content (AvgIpc) is 3.04. The zero-order chi connectivity index (χ0) is 14.8. The second-order valence-electron chi connectivity index (χ2n) is 4.49. The van der Waals surface area contributed by atoms with E-state index >= 15 is 0 Å². The lowest BCUT2D eigenvalue weighted by molar-refractivity contribution is 0.375. The molecule has 2 heterocycles. The first kappa shape index (κ1) is 14.8. The molecular formula is C13H19N3O3S. The minimum Gasteiger partial charge on any atom is -0.468 e. The fraction of sp³-hybridized carbons (Fsp3) is 0.385. The highest BCUT2D eigenvalue weighted by molar-refractivity contribution is 7.89. The van der Waals surface area contributed by atoms with Crippen molar-refractivity contribution in [3.8, 4) is 0 Å². The first-order chi connectivity index (χ1) is 9.48. The van der Waals surface area contributed by atoms with E-state index in [1.54, 1.807) is 42.9 Å². The summed E-state index contributed by atoms with van der Waals surface area (Å²) >= 11 is 0. The van der Waals surface area contributed by atoms with Crippen LogP contribution in [-0.2, 0) is 30.2 Å². The molecule has 0 spiro atoms. The predicted octanol–water partition coefficient (Wildman–Crippen LogP) is 1.29. The van der Waals surface area contributed by atoms with E-state index in [4.69, 9.17) is 10.2 Å². The number of hydrogen-bond acceptors (Lipinski definition) is 4. The van der Waals surface area contributed by atoms with Crippen molar-refractivity contribution in [2.45, 2.75) is 24.9 Å². The van der Waals surface area contributed by atoms with Gasteiger partial charge in [0.25, 0.3) is 0 Å². The molecule has 0 radical (unpaired) electrons. The smallest absolute Gasteiger partial charge is 0.244 e. The van der Waals surface area contributed by atoms with Gasteiger partial charge in [0, 0.05) is 32.0 Å². The summed E-state index contributed by atoms with van der Waals surface area (Å²) in [6, 6.07) is 5.11. The van der Waals surface area contributed by atoms with Gasteiger partial charge in [-0.1, -0.05) is 6.92 Å². The van der Waals surface area contributed by atoms with Gasteiger partial charge >= 0.3 is 0 Å². The molecule has 0 aliphatic heterocycles. The Kier molecular flexibility index (Phi) is 4.32. The van der Waals surface area contributed by atoms with Crippen molar-refractivity contribution < 1.29 is 12.8 Å². The standard InChI is InChI=1S/C13H19N3O3S/c1-3-16(9-12-5-4-6-19-12)20(17,18)13-7-11(8-14)15(2)10-13/h4-7,10H,3,8-9,14H2,1-2H3. The fourth-order valence-electron chi connectivity index (χ4n) is 2.01. The molecule has 0 aliphatic rings. The van der Waals surface area contributed by atoms with Crippen molar-refractivity contribution in [3.63, 3.8) is 0 Å². The molecule has 2 rings (SSSR count). The van der Waals surface area contributed by atoms with Gasteiger partial charge < -0.3 is 14.7 Å². The van der Waals surface area contributed by atoms with Gasteiger partial charge in [0.15, 0.2) is 0 Å². The topological polar surface area (TPSA) is 81.5 Å². The van der Waals surface area contributed by atoms with E-state index in [-0.39, 0.29) is 11.4 Å². The van der Waals surface area contributed by atoms with Gasteiger partial charge in [-0.05, 0) is 18.2 Å². The molecule has 0 aliphatic carbocycles. The maximum absolute atomic E-state index is 12.6. The summed E-state index contributed by atoms with van der Waals surface area (Å²) < 4.78 is 33.5. The maximum Gasteiger partial charge on any atom is 0.244 e. The average molecular weight is 297 g/mol. The number of nitrogens with zero attached hydrogens (tertiary/aromatic N) is 2.